The fraction of sp³-hybridized carbons (Fsp3) is 0.0588. The van der Waals surface area contributed by atoms with Crippen molar-refractivity contribution in [3.63, 3.8) is 0 Å². The standard InChI is InChI=1S/C17H11ClF4N4O4/c18-11-7-10(19)2-1-8(11)5-9-6-13-15(17(29-21)16(9)28-20)12(25-26(13)30-22)3-4-14(27)24-23/h1-4,6-7H,5,23H2,(H,24,27)/b4-3+. The molecule has 3 N–H and O–H groups in total. The summed E-state index contributed by atoms with van der Waals surface area (Å²) in [6, 6.07) is 4.63. The van der Waals surface area contributed by atoms with E-state index in [9.17, 15) is 22.8 Å². The first-order valence-corrected chi connectivity index (χ1v) is 8.38. The topological polar surface area (TPSA) is 101 Å². The van der Waals surface area contributed by atoms with Gasteiger partial charge >= 0.3 is 0 Å². The van der Waals surface area contributed by atoms with Crippen molar-refractivity contribution in [3.05, 3.63) is 58.0 Å². The largest absolute Gasteiger partial charge is 0.291 e. The average molecular weight is 447 g/mol. The van der Waals surface area contributed by atoms with Gasteiger partial charge in [0.2, 0.25) is 11.5 Å². The Bertz CT molecular complexity index is 1140. The second-order valence-corrected chi connectivity index (χ2v) is 6.23. The van der Waals surface area contributed by atoms with E-state index in [0.717, 1.165) is 24.3 Å². The summed E-state index contributed by atoms with van der Waals surface area (Å²) >= 11 is 5.97. The van der Waals surface area contributed by atoms with Crippen molar-refractivity contribution in [3.8, 4) is 11.5 Å². The van der Waals surface area contributed by atoms with Crippen LogP contribution in [0.5, 0.6) is 11.5 Å². The minimum Gasteiger partial charge on any atom is -0.291 e. The number of hydrogen-bond acceptors (Lipinski definition) is 6. The first-order valence-electron chi connectivity index (χ1n) is 8.00. The molecule has 0 saturated carbocycles. The highest BCUT2D eigenvalue weighted by Crippen LogP contribution is 2.43. The van der Waals surface area contributed by atoms with Crippen molar-refractivity contribution in [2.45, 2.75) is 6.42 Å². The first-order chi connectivity index (χ1) is 14.4. The number of hydrazine groups is 1. The van der Waals surface area contributed by atoms with E-state index < -0.39 is 23.2 Å². The van der Waals surface area contributed by atoms with E-state index in [2.05, 4.69) is 20.0 Å². The highest BCUT2D eigenvalue weighted by Gasteiger charge is 2.26. The van der Waals surface area contributed by atoms with Gasteiger partial charge in [-0.25, -0.2) is 10.2 Å². The molecule has 2 aromatic carbocycles. The van der Waals surface area contributed by atoms with Gasteiger partial charge in [0.15, 0.2) is 0 Å². The van der Waals surface area contributed by atoms with Crippen molar-refractivity contribution in [2.75, 3.05) is 0 Å². The molecule has 0 spiro atoms. The predicted molar refractivity (Wildman–Crippen MR) is 96.5 cm³/mol. The van der Waals surface area contributed by atoms with Gasteiger partial charge in [-0.2, -0.15) is 5.04 Å². The molecule has 0 fully saturated rings. The van der Waals surface area contributed by atoms with E-state index in [1.807, 2.05) is 0 Å². The van der Waals surface area contributed by atoms with E-state index in [-0.39, 0.29) is 33.6 Å². The molecule has 0 atom stereocenters. The van der Waals surface area contributed by atoms with E-state index >= 15 is 0 Å². The zero-order valence-corrected chi connectivity index (χ0v) is 15.4. The molecule has 0 aliphatic rings. The third kappa shape index (κ3) is 3.95. The highest BCUT2D eigenvalue weighted by atomic mass is 35.5. The third-order valence-electron chi connectivity index (χ3n) is 4.10. The Morgan fingerprint density at radius 1 is 1.20 bits per heavy atom. The molecular formula is C17H11ClF4N4O4. The lowest BCUT2D eigenvalue weighted by molar-refractivity contribution is -0.146. The fourth-order valence-electron chi connectivity index (χ4n) is 2.81. The van der Waals surface area contributed by atoms with E-state index in [1.54, 1.807) is 5.43 Å². The Kier molecular flexibility index (Phi) is 6.28. The minimum atomic E-state index is -0.806. The average Bonchev–Trinajstić information content (AvgIpc) is 3.10. The molecule has 30 heavy (non-hydrogen) atoms. The number of halogens is 5. The van der Waals surface area contributed by atoms with E-state index in [4.69, 9.17) is 17.4 Å². The molecule has 158 valence electrons. The Balaban J connectivity index is 2.22. The predicted octanol–water partition coefficient (Wildman–Crippen LogP) is 3.26. The smallest absolute Gasteiger partial charge is 0.257 e. The molecular weight excluding hydrogens is 436 g/mol. The first kappa shape index (κ1) is 21.2. The van der Waals surface area contributed by atoms with Crippen LogP contribution in [0.2, 0.25) is 5.02 Å². The lowest BCUT2D eigenvalue weighted by atomic mass is 10.0. The maximum Gasteiger partial charge on any atom is 0.257 e. The SMILES string of the molecule is NNC(=O)/C=C/c1nn(OF)c2cc(Cc3ccc(F)cc3Cl)c(OF)c(OF)c12. The summed E-state index contributed by atoms with van der Waals surface area (Å²) in [4.78, 5) is 19.2. The number of nitrogens with two attached hydrogens (primary N) is 1. The number of hydrogen-bond donors (Lipinski definition) is 2. The summed E-state index contributed by atoms with van der Waals surface area (Å²) < 4.78 is 53.0. The molecule has 1 heterocycles. The van der Waals surface area contributed by atoms with Crippen LogP contribution in [0, 0.1) is 5.82 Å². The summed E-state index contributed by atoms with van der Waals surface area (Å²) in [5.74, 6) is 2.07. The maximum absolute atomic E-state index is 13.4. The summed E-state index contributed by atoms with van der Waals surface area (Å²) in [6.45, 7) is 0. The van der Waals surface area contributed by atoms with Gasteiger partial charge in [0.05, 0.1) is 5.39 Å². The number of amides is 1. The number of carbonyl (C=O) groups excluding carboxylic acids is 1. The minimum absolute atomic E-state index is 0.00860. The van der Waals surface area contributed by atoms with Crippen molar-refractivity contribution >= 4 is 34.5 Å². The number of nitrogens with one attached hydrogen (secondary N) is 1. The van der Waals surface area contributed by atoms with Crippen molar-refractivity contribution in [1.82, 2.24) is 15.4 Å². The number of nitrogens with zero attached hydrogens (tertiary/aromatic N) is 2. The van der Waals surface area contributed by atoms with Gasteiger partial charge in [0.1, 0.15) is 17.0 Å². The van der Waals surface area contributed by atoms with Gasteiger partial charge in [0, 0.05) is 36.7 Å². The molecule has 3 rings (SSSR count). The molecule has 0 saturated heterocycles. The molecule has 13 heteroatoms. The van der Waals surface area contributed by atoms with Gasteiger partial charge in [-0.1, -0.05) is 22.5 Å². The second kappa shape index (κ2) is 8.88. The maximum atomic E-state index is 13.4. The molecule has 0 radical (unpaired) electrons. The van der Waals surface area contributed by atoms with Crippen molar-refractivity contribution < 1.29 is 37.7 Å². The summed E-state index contributed by atoms with van der Waals surface area (Å²) in [5, 5.41) is 7.03. The van der Waals surface area contributed by atoms with Crippen LogP contribution >= 0.6 is 11.6 Å². The fourth-order valence-corrected chi connectivity index (χ4v) is 3.04. The van der Waals surface area contributed by atoms with Crippen LogP contribution in [0.1, 0.15) is 16.8 Å². The Hall–Kier alpha value is -3.51. The van der Waals surface area contributed by atoms with Gasteiger partial charge < -0.3 is 0 Å². The monoisotopic (exact) mass is 446 g/mol. The molecule has 8 nitrogen and oxygen atoms in total. The number of fused-ring (bicyclic) bond motifs is 1. The summed E-state index contributed by atoms with van der Waals surface area (Å²) in [6.07, 6.45) is 1.75. The number of carbonyl (C=O) groups is 1. The van der Waals surface area contributed by atoms with Gasteiger partial charge in [-0.15, -0.1) is 5.10 Å². The van der Waals surface area contributed by atoms with Crippen LogP contribution in [0.25, 0.3) is 17.0 Å². The van der Waals surface area contributed by atoms with Crippen LogP contribution in [0.4, 0.5) is 18.0 Å². The molecule has 0 aliphatic carbocycles. The quantitative estimate of drug-likeness (QED) is 0.190. The molecule has 0 aliphatic heterocycles. The lowest BCUT2D eigenvalue weighted by Gasteiger charge is -2.11. The molecule has 1 aromatic heterocycles. The highest BCUT2D eigenvalue weighted by molar-refractivity contribution is 6.31. The number of rotatable bonds is 7. The molecule has 0 bridgehead atoms. The van der Waals surface area contributed by atoms with E-state index in [1.165, 1.54) is 12.1 Å². The Morgan fingerprint density at radius 2 is 1.93 bits per heavy atom. The lowest BCUT2D eigenvalue weighted by Crippen LogP contribution is -2.27. The van der Waals surface area contributed by atoms with Gasteiger partial charge in [-0.3, -0.25) is 20.1 Å². The van der Waals surface area contributed by atoms with Gasteiger partial charge in [0.25, 0.3) is 5.91 Å². The van der Waals surface area contributed by atoms with Crippen molar-refractivity contribution in [1.29, 1.82) is 0 Å². The van der Waals surface area contributed by atoms with Gasteiger partial charge in [-0.05, 0) is 29.8 Å². The third-order valence-corrected chi connectivity index (χ3v) is 4.46. The van der Waals surface area contributed by atoms with Crippen LogP contribution < -0.4 is 26.2 Å². The second-order valence-electron chi connectivity index (χ2n) is 5.82. The number of benzene rings is 2. The Morgan fingerprint density at radius 3 is 2.53 bits per heavy atom. The summed E-state index contributed by atoms with van der Waals surface area (Å²) in [5.41, 5.74) is 1.64. The van der Waals surface area contributed by atoms with Crippen molar-refractivity contribution in [2.24, 2.45) is 5.84 Å². The molecule has 3 aromatic rings. The normalized spacial score (nSPS) is 11.1. The zero-order chi connectivity index (χ0) is 21.8. The zero-order valence-electron chi connectivity index (χ0n) is 14.7. The number of aromatic nitrogens is 2. The van der Waals surface area contributed by atoms with Crippen LogP contribution in [-0.2, 0) is 11.2 Å². The van der Waals surface area contributed by atoms with Crippen LogP contribution in [0.15, 0.2) is 30.3 Å². The summed E-state index contributed by atoms with van der Waals surface area (Å²) in [7, 11) is 0. The molecule has 1 amide bonds. The Labute approximate surface area is 170 Å². The van der Waals surface area contributed by atoms with Crippen LogP contribution in [0.3, 0.4) is 0 Å². The van der Waals surface area contributed by atoms with Crippen LogP contribution in [-0.4, -0.2) is 15.9 Å². The van der Waals surface area contributed by atoms with E-state index in [0.29, 0.717) is 10.4 Å². The molecule has 0 unspecified atom stereocenters.